The lowest BCUT2D eigenvalue weighted by Crippen LogP contribution is -2.22. The summed E-state index contributed by atoms with van der Waals surface area (Å²) in [7, 11) is -3.73. The van der Waals surface area contributed by atoms with Crippen LogP contribution in [-0.2, 0) is 10.0 Å². The minimum absolute atomic E-state index is 0.0262. The molecule has 1 aromatic carbocycles. The lowest BCUT2D eigenvalue weighted by Gasteiger charge is -2.19. The summed E-state index contributed by atoms with van der Waals surface area (Å²) in [4.78, 5) is 10.4. The number of hydrogen-bond acceptors (Lipinski definition) is 8. The van der Waals surface area contributed by atoms with Crippen LogP contribution in [0.3, 0.4) is 0 Å². The maximum atomic E-state index is 11.3. The van der Waals surface area contributed by atoms with Crippen molar-refractivity contribution in [3.8, 4) is 0 Å². The number of nitrogens with two attached hydrogens (primary N) is 2. The van der Waals surface area contributed by atoms with E-state index in [9.17, 15) is 8.42 Å². The van der Waals surface area contributed by atoms with Gasteiger partial charge in [0.1, 0.15) is 11.0 Å². The van der Waals surface area contributed by atoms with E-state index in [0.717, 1.165) is 25.9 Å². The molecule has 1 aliphatic heterocycles. The zero-order valence-corrected chi connectivity index (χ0v) is 15.3. The Morgan fingerprint density at radius 2 is 1.85 bits per heavy atom. The molecule has 26 heavy (non-hydrogen) atoms. The number of primary sulfonamides is 1. The quantitative estimate of drug-likeness (QED) is 0.395. The Morgan fingerprint density at radius 3 is 2.46 bits per heavy atom. The number of nitrogen functional groups attached to an aromatic ring is 1. The average molecular weight is 396 g/mol. The van der Waals surface area contributed by atoms with E-state index in [1.165, 1.54) is 18.3 Å². The average Bonchev–Trinajstić information content (AvgIpc) is 3.10. The van der Waals surface area contributed by atoms with Gasteiger partial charge in [0.25, 0.3) is 0 Å². The molecule has 0 amide bonds. The summed E-state index contributed by atoms with van der Waals surface area (Å²) in [5.74, 6) is 0.760. The van der Waals surface area contributed by atoms with Gasteiger partial charge in [0.2, 0.25) is 16.0 Å². The molecule has 0 spiro atoms. The van der Waals surface area contributed by atoms with Gasteiger partial charge in [0.05, 0.1) is 22.4 Å². The van der Waals surface area contributed by atoms with Gasteiger partial charge < -0.3 is 10.6 Å². The fourth-order valence-corrected chi connectivity index (χ4v) is 3.35. The number of hydrazone groups is 1. The number of halogens is 1. The maximum absolute atomic E-state index is 11.3. The van der Waals surface area contributed by atoms with Crippen LogP contribution in [0, 0.1) is 0 Å². The van der Waals surface area contributed by atoms with E-state index in [2.05, 4.69) is 25.4 Å². The van der Waals surface area contributed by atoms with Crippen LogP contribution < -0.4 is 21.2 Å². The summed E-state index contributed by atoms with van der Waals surface area (Å²) >= 11 is 6.21. The largest absolute Gasteiger partial charge is 0.368 e. The van der Waals surface area contributed by atoms with E-state index < -0.39 is 10.0 Å². The Bertz CT molecular complexity index is 926. The highest BCUT2D eigenvalue weighted by Crippen LogP contribution is 2.26. The van der Waals surface area contributed by atoms with E-state index in [1.807, 2.05) is 0 Å². The molecule has 2 aromatic rings. The molecule has 3 rings (SSSR count). The molecule has 0 unspecified atom stereocenters. The van der Waals surface area contributed by atoms with Crippen LogP contribution in [0.1, 0.15) is 18.4 Å². The molecule has 0 bridgehead atoms. The first-order chi connectivity index (χ1) is 12.3. The molecule has 1 saturated heterocycles. The first-order valence-electron chi connectivity index (χ1n) is 7.84. The standard InChI is InChI=1S/C15H18ClN7O2S/c16-13-12(14(21-15(17)20-13)23-7-1-2-8-23)9-19-22-10-3-5-11(6-4-10)26(18,24)25/h3-6,9,22H,1-2,7-8H2,(H2,17,20,21)(H2,18,24,25). The molecule has 2 heterocycles. The topological polar surface area (TPSA) is 140 Å². The zero-order valence-electron chi connectivity index (χ0n) is 13.8. The Hall–Kier alpha value is -2.43. The highest BCUT2D eigenvalue weighted by atomic mass is 35.5. The van der Waals surface area contributed by atoms with Crippen LogP contribution in [0.25, 0.3) is 0 Å². The number of benzene rings is 1. The molecular formula is C15H18ClN7O2S. The summed E-state index contributed by atoms with van der Waals surface area (Å²) in [6, 6.07) is 5.89. The molecule has 5 N–H and O–H groups in total. The van der Waals surface area contributed by atoms with Gasteiger partial charge in [-0.2, -0.15) is 10.1 Å². The molecular weight excluding hydrogens is 378 g/mol. The maximum Gasteiger partial charge on any atom is 0.238 e. The molecule has 1 aliphatic rings. The Kier molecular flexibility index (Phi) is 5.25. The molecule has 0 saturated carbocycles. The predicted octanol–water partition coefficient (Wildman–Crippen LogP) is 1.41. The second-order valence-corrected chi connectivity index (χ2v) is 7.66. The van der Waals surface area contributed by atoms with Crippen LogP contribution in [0.5, 0.6) is 0 Å². The van der Waals surface area contributed by atoms with Crippen LogP contribution in [-0.4, -0.2) is 37.7 Å². The minimum Gasteiger partial charge on any atom is -0.368 e. The van der Waals surface area contributed by atoms with E-state index in [-0.39, 0.29) is 16.0 Å². The van der Waals surface area contributed by atoms with Crippen LogP contribution in [0.15, 0.2) is 34.3 Å². The second kappa shape index (κ2) is 7.44. The lowest BCUT2D eigenvalue weighted by molar-refractivity contribution is 0.598. The normalized spacial score (nSPS) is 14.9. The fraction of sp³-hybridized carbons (Fsp3) is 0.267. The number of nitrogens with one attached hydrogen (secondary N) is 1. The van der Waals surface area contributed by atoms with Crippen LogP contribution in [0.2, 0.25) is 5.15 Å². The first-order valence-corrected chi connectivity index (χ1v) is 9.77. The number of rotatable bonds is 5. The molecule has 9 nitrogen and oxygen atoms in total. The van der Waals surface area contributed by atoms with Crippen molar-refractivity contribution in [2.75, 3.05) is 29.1 Å². The van der Waals surface area contributed by atoms with E-state index in [0.29, 0.717) is 17.1 Å². The fourth-order valence-electron chi connectivity index (χ4n) is 2.62. The smallest absolute Gasteiger partial charge is 0.238 e. The van der Waals surface area contributed by atoms with E-state index in [1.54, 1.807) is 12.1 Å². The highest BCUT2D eigenvalue weighted by molar-refractivity contribution is 7.89. The Morgan fingerprint density at radius 1 is 1.19 bits per heavy atom. The SMILES string of the molecule is Nc1nc(Cl)c(C=NNc2ccc(S(N)(=O)=O)cc2)c(N2CCCC2)n1. The summed E-state index contributed by atoms with van der Waals surface area (Å²) in [6.07, 6.45) is 3.67. The Balaban J connectivity index is 1.80. The molecule has 11 heteroatoms. The number of aromatic nitrogens is 2. The second-order valence-electron chi connectivity index (χ2n) is 5.74. The van der Waals surface area contributed by atoms with Crippen molar-refractivity contribution in [3.63, 3.8) is 0 Å². The van der Waals surface area contributed by atoms with E-state index >= 15 is 0 Å². The molecule has 0 aliphatic carbocycles. The van der Waals surface area contributed by atoms with Crippen molar-refractivity contribution in [1.29, 1.82) is 0 Å². The van der Waals surface area contributed by atoms with E-state index in [4.69, 9.17) is 22.5 Å². The summed E-state index contributed by atoms with van der Waals surface area (Å²) in [5.41, 5.74) is 9.67. The first kappa shape index (κ1) is 18.4. The third-order valence-electron chi connectivity index (χ3n) is 3.87. The molecule has 0 radical (unpaired) electrons. The van der Waals surface area contributed by atoms with Crippen molar-refractivity contribution in [3.05, 3.63) is 35.0 Å². The number of anilines is 3. The monoisotopic (exact) mass is 395 g/mol. The predicted molar refractivity (Wildman–Crippen MR) is 102 cm³/mol. The summed E-state index contributed by atoms with van der Waals surface area (Å²) in [5, 5.41) is 9.42. The van der Waals surface area contributed by atoms with Gasteiger partial charge in [-0.1, -0.05) is 11.6 Å². The minimum atomic E-state index is -3.73. The van der Waals surface area contributed by atoms with Crippen LogP contribution >= 0.6 is 11.6 Å². The lowest BCUT2D eigenvalue weighted by atomic mass is 10.3. The van der Waals surface area contributed by atoms with Gasteiger partial charge >= 0.3 is 0 Å². The van der Waals surface area contributed by atoms with Crippen molar-refractivity contribution in [2.45, 2.75) is 17.7 Å². The van der Waals surface area contributed by atoms with Gasteiger partial charge in [0, 0.05) is 13.1 Å². The van der Waals surface area contributed by atoms with Gasteiger partial charge in [-0.25, -0.2) is 18.5 Å². The van der Waals surface area contributed by atoms with Gasteiger partial charge in [-0.15, -0.1) is 0 Å². The molecule has 0 atom stereocenters. The third-order valence-corrected chi connectivity index (χ3v) is 5.09. The Labute approximate surface area is 156 Å². The van der Waals surface area contributed by atoms with Crippen molar-refractivity contribution in [2.24, 2.45) is 10.2 Å². The van der Waals surface area contributed by atoms with Gasteiger partial charge in [0.15, 0.2) is 0 Å². The van der Waals surface area contributed by atoms with Crippen LogP contribution in [0.4, 0.5) is 17.5 Å². The number of sulfonamides is 1. The highest BCUT2D eigenvalue weighted by Gasteiger charge is 2.20. The van der Waals surface area contributed by atoms with Crippen molar-refractivity contribution < 1.29 is 8.42 Å². The third kappa shape index (κ3) is 4.21. The van der Waals surface area contributed by atoms with Gasteiger partial charge in [-0.05, 0) is 37.1 Å². The summed E-state index contributed by atoms with van der Waals surface area (Å²) < 4.78 is 22.5. The molecule has 138 valence electrons. The summed E-state index contributed by atoms with van der Waals surface area (Å²) in [6.45, 7) is 1.74. The molecule has 1 aromatic heterocycles. The number of hydrogen-bond donors (Lipinski definition) is 3. The van der Waals surface area contributed by atoms with Gasteiger partial charge in [-0.3, -0.25) is 5.43 Å². The number of nitrogens with zero attached hydrogens (tertiary/aromatic N) is 4. The van der Waals surface area contributed by atoms with Crippen molar-refractivity contribution in [1.82, 2.24) is 9.97 Å². The molecule has 1 fully saturated rings. The van der Waals surface area contributed by atoms with Crippen molar-refractivity contribution >= 4 is 45.3 Å². The zero-order chi connectivity index (χ0) is 18.7.